The molecule has 7 nitrogen and oxygen atoms in total. The van der Waals surface area contributed by atoms with E-state index in [4.69, 9.17) is 0 Å². The number of aryl methyl sites for hydroxylation is 1. The number of carbonyl (C=O) groups excluding carboxylic acids is 1. The lowest BCUT2D eigenvalue weighted by atomic mass is 10.0. The molecule has 0 radical (unpaired) electrons. The summed E-state index contributed by atoms with van der Waals surface area (Å²) in [6.45, 7) is 2.02. The first kappa shape index (κ1) is 20.5. The average molecular weight is 404 g/mol. The van der Waals surface area contributed by atoms with E-state index in [1.165, 1.54) is 19.2 Å². The van der Waals surface area contributed by atoms with Gasteiger partial charge in [0.15, 0.2) is 0 Å². The summed E-state index contributed by atoms with van der Waals surface area (Å²) in [7, 11) is 1.53. The molecule has 1 saturated heterocycles. The summed E-state index contributed by atoms with van der Waals surface area (Å²) in [5.74, 6) is -3.28. The topological polar surface area (TPSA) is 87.5 Å². The normalized spacial score (nSPS) is 15.7. The molecule has 0 unspecified atom stereocenters. The van der Waals surface area contributed by atoms with Gasteiger partial charge in [0.1, 0.15) is 5.69 Å². The molecule has 2 N–H and O–H groups in total. The Labute approximate surface area is 166 Å². The standard InChI is InChI=1S/C20H22F2N4O3/c1-13-3-5-14(6-4-13)24-19(27)15-11-18(26(28)29)16(23-2)12-17(15)25-9-7-20(21,22)8-10-25/h3-6,11-12,23H,7-10H2,1-2H3,(H,24,27). The Hall–Kier alpha value is -3.23. The number of hydrogen-bond acceptors (Lipinski definition) is 5. The fourth-order valence-electron chi connectivity index (χ4n) is 3.28. The summed E-state index contributed by atoms with van der Waals surface area (Å²) in [4.78, 5) is 25.5. The molecule has 1 aliphatic rings. The van der Waals surface area contributed by atoms with Crippen LogP contribution < -0.4 is 15.5 Å². The molecule has 1 fully saturated rings. The highest BCUT2D eigenvalue weighted by atomic mass is 19.3. The van der Waals surface area contributed by atoms with E-state index in [9.17, 15) is 23.7 Å². The molecule has 1 aliphatic heterocycles. The van der Waals surface area contributed by atoms with Crippen LogP contribution in [0.15, 0.2) is 36.4 Å². The van der Waals surface area contributed by atoms with Crippen molar-refractivity contribution in [2.45, 2.75) is 25.7 Å². The van der Waals surface area contributed by atoms with E-state index >= 15 is 0 Å². The van der Waals surface area contributed by atoms with Crippen molar-refractivity contribution in [1.29, 1.82) is 0 Å². The smallest absolute Gasteiger partial charge is 0.293 e. The summed E-state index contributed by atoms with van der Waals surface area (Å²) in [6.07, 6.45) is -0.671. The van der Waals surface area contributed by atoms with Crippen LogP contribution in [0.1, 0.15) is 28.8 Å². The number of piperidine rings is 1. The van der Waals surface area contributed by atoms with E-state index < -0.39 is 16.8 Å². The molecule has 0 atom stereocenters. The van der Waals surface area contributed by atoms with Gasteiger partial charge in [-0.3, -0.25) is 14.9 Å². The van der Waals surface area contributed by atoms with E-state index in [-0.39, 0.29) is 42.9 Å². The van der Waals surface area contributed by atoms with Gasteiger partial charge >= 0.3 is 0 Å². The molecule has 1 heterocycles. The summed E-state index contributed by atoms with van der Waals surface area (Å²) in [6, 6.07) is 9.78. The highest BCUT2D eigenvalue weighted by Crippen LogP contribution is 2.37. The van der Waals surface area contributed by atoms with E-state index in [0.29, 0.717) is 11.4 Å². The molecule has 0 bridgehead atoms. The molecule has 2 aromatic rings. The lowest BCUT2D eigenvalue weighted by molar-refractivity contribution is -0.383. The minimum Gasteiger partial charge on any atom is -0.383 e. The Kier molecular flexibility index (Phi) is 5.67. The van der Waals surface area contributed by atoms with Crippen LogP contribution in [0.2, 0.25) is 0 Å². The number of nitrogens with zero attached hydrogens (tertiary/aromatic N) is 2. The number of rotatable bonds is 5. The Balaban J connectivity index is 2.00. The van der Waals surface area contributed by atoms with Crippen LogP contribution in [0, 0.1) is 17.0 Å². The van der Waals surface area contributed by atoms with Gasteiger partial charge < -0.3 is 15.5 Å². The third-order valence-electron chi connectivity index (χ3n) is 4.97. The molecule has 29 heavy (non-hydrogen) atoms. The van der Waals surface area contributed by atoms with E-state index in [1.807, 2.05) is 19.1 Å². The van der Waals surface area contributed by atoms with Gasteiger partial charge in [-0.05, 0) is 25.1 Å². The molecule has 1 amide bonds. The van der Waals surface area contributed by atoms with Crippen molar-refractivity contribution in [2.75, 3.05) is 35.7 Å². The van der Waals surface area contributed by atoms with Gasteiger partial charge in [-0.1, -0.05) is 17.7 Å². The number of nitro groups is 1. The maximum absolute atomic E-state index is 13.6. The highest BCUT2D eigenvalue weighted by molar-refractivity contribution is 6.09. The van der Waals surface area contributed by atoms with E-state index in [0.717, 1.165) is 5.56 Å². The summed E-state index contributed by atoms with van der Waals surface area (Å²) < 4.78 is 27.2. The zero-order valence-electron chi connectivity index (χ0n) is 16.2. The van der Waals surface area contributed by atoms with Gasteiger partial charge in [0.25, 0.3) is 17.5 Å². The minimum absolute atomic E-state index is 0.0543. The Morgan fingerprint density at radius 2 is 1.79 bits per heavy atom. The quantitative estimate of drug-likeness (QED) is 0.569. The fraction of sp³-hybridized carbons (Fsp3) is 0.350. The number of hydrogen-bond donors (Lipinski definition) is 2. The number of benzene rings is 2. The molecule has 0 spiro atoms. The molecule has 2 aromatic carbocycles. The number of nitrogens with one attached hydrogen (secondary N) is 2. The number of anilines is 3. The zero-order chi connectivity index (χ0) is 21.2. The highest BCUT2D eigenvalue weighted by Gasteiger charge is 2.35. The fourth-order valence-corrected chi connectivity index (χ4v) is 3.28. The van der Waals surface area contributed by atoms with Crippen molar-refractivity contribution in [3.63, 3.8) is 0 Å². The summed E-state index contributed by atoms with van der Waals surface area (Å²) >= 11 is 0. The Morgan fingerprint density at radius 1 is 1.17 bits per heavy atom. The molecule has 0 saturated carbocycles. The Morgan fingerprint density at radius 3 is 2.34 bits per heavy atom. The minimum atomic E-state index is -2.74. The third kappa shape index (κ3) is 4.61. The lowest BCUT2D eigenvalue weighted by Crippen LogP contribution is -2.40. The zero-order valence-corrected chi connectivity index (χ0v) is 16.2. The number of nitro benzene ring substituents is 1. The van der Waals surface area contributed by atoms with E-state index in [1.54, 1.807) is 17.0 Å². The predicted molar refractivity (Wildman–Crippen MR) is 108 cm³/mol. The van der Waals surface area contributed by atoms with Gasteiger partial charge in [0.05, 0.1) is 16.2 Å². The van der Waals surface area contributed by atoms with Crippen LogP contribution in [0.25, 0.3) is 0 Å². The van der Waals surface area contributed by atoms with Crippen molar-refractivity contribution < 1.29 is 18.5 Å². The first-order valence-corrected chi connectivity index (χ1v) is 9.21. The summed E-state index contributed by atoms with van der Waals surface area (Å²) in [5, 5.41) is 16.9. The summed E-state index contributed by atoms with van der Waals surface area (Å²) in [5.41, 5.74) is 1.98. The van der Waals surface area contributed by atoms with Gasteiger partial charge in [-0.15, -0.1) is 0 Å². The molecular weight excluding hydrogens is 382 g/mol. The maximum Gasteiger partial charge on any atom is 0.293 e. The SMILES string of the molecule is CNc1cc(N2CCC(F)(F)CC2)c(C(=O)Nc2ccc(C)cc2)cc1[N+](=O)[O-]. The van der Waals surface area contributed by atoms with Crippen molar-refractivity contribution >= 4 is 28.7 Å². The average Bonchev–Trinajstić information content (AvgIpc) is 2.68. The van der Waals surface area contributed by atoms with Crippen molar-refractivity contribution in [2.24, 2.45) is 0 Å². The third-order valence-corrected chi connectivity index (χ3v) is 4.97. The van der Waals surface area contributed by atoms with Crippen molar-refractivity contribution in [3.05, 3.63) is 57.6 Å². The van der Waals surface area contributed by atoms with Gasteiger partial charge in [-0.25, -0.2) is 8.78 Å². The maximum atomic E-state index is 13.6. The second kappa shape index (κ2) is 8.02. The van der Waals surface area contributed by atoms with Gasteiger partial charge in [-0.2, -0.15) is 0 Å². The molecular formula is C20H22F2N4O3. The Bertz CT molecular complexity index is 922. The molecule has 9 heteroatoms. The number of alkyl halides is 2. The number of amides is 1. The first-order chi connectivity index (χ1) is 13.7. The predicted octanol–water partition coefficient (Wildman–Crippen LogP) is 4.43. The van der Waals surface area contributed by atoms with E-state index in [2.05, 4.69) is 10.6 Å². The van der Waals surface area contributed by atoms with Crippen molar-refractivity contribution in [3.8, 4) is 0 Å². The van der Waals surface area contributed by atoms with Crippen LogP contribution in [0.4, 0.5) is 31.5 Å². The first-order valence-electron chi connectivity index (χ1n) is 9.21. The monoisotopic (exact) mass is 404 g/mol. The molecule has 3 rings (SSSR count). The van der Waals surface area contributed by atoms with Crippen molar-refractivity contribution in [1.82, 2.24) is 0 Å². The van der Waals surface area contributed by atoms with Crippen LogP contribution in [-0.2, 0) is 0 Å². The van der Waals surface area contributed by atoms with Crippen LogP contribution in [0.3, 0.4) is 0 Å². The van der Waals surface area contributed by atoms with Crippen LogP contribution >= 0.6 is 0 Å². The van der Waals surface area contributed by atoms with Gasteiger partial charge in [0.2, 0.25) is 0 Å². The molecule has 0 aliphatic carbocycles. The van der Waals surface area contributed by atoms with Crippen LogP contribution in [0.5, 0.6) is 0 Å². The van der Waals surface area contributed by atoms with Crippen LogP contribution in [-0.4, -0.2) is 36.9 Å². The second-order valence-corrected chi connectivity index (χ2v) is 7.06. The molecule has 0 aromatic heterocycles. The number of carbonyl (C=O) groups is 1. The molecule has 154 valence electrons. The number of halogens is 2. The largest absolute Gasteiger partial charge is 0.383 e. The lowest BCUT2D eigenvalue weighted by Gasteiger charge is -2.34. The van der Waals surface area contributed by atoms with Gasteiger partial charge in [0, 0.05) is 44.7 Å². The second-order valence-electron chi connectivity index (χ2n) is 7.06.